The normalized spacial score (nSPS) is 34.9. The summed E-state index contributed by atoms with van der Waals surface area (Å²) in [7, 11) is -3.33. The van der Waals surface area contributed by atoms with Gasteiger partial charge in [-0.15, -0.1) is 0 Å². The van der Waals surface area contributed by atoms with Crippen molar-refractivity contribution in [2.45, 2.75) is 45.1 Å². The molecule has 5 nitrogen and oxygen atoms in total. The molecule has 2 fully saturated rings. The third-order valence-corrected chi connectivity index (χ3v) is 5.74. The number of nitrogens with one attached hydrogen (secondary N) is 1. The molecule has 0 spiro atoms. The molecule has 2 N–H and O–H groups in total. The minimum absolute atomic E-state index is 0.101. The monoisotopic (exact) mass is 275 g/mol. The van der Waals surface area contributed by atoms with Gasteiger partial charge in [-0.2, -0.15) is 0 Å². The smallest absolute Gasteiger partial charge is 0.308 e. The van der Waals surface area contributed by atoms with Crippen molar-refractivity contribution < 1.29 is 18.3 Å². The second-order valence-corrected chi connectivity index (χ2v) is 7.39. The number of hydrogen-bond acceptors (Lipinski definition) is 3. The van der Waals surface area contributed by atoms with Gasteiger partial charge in [0.1, 0.15) is 0 Å². The molecular weight excluding hydrogens is 254 g/mol. The Labute approximate surface area is 108 Å². The number of aliphatic carboxylic acids is 1. The maximum absolute atomic E-state index is 11.9. The molecule has 4 unspecified atom stereocenters. The largest absolute Gasteiger partial charge is 0.481 e. The number of carboxylic acid groups (broad SMARTS) is 1. The Bertz CT molecular complexity index is 420. The average Bonchev–Trinajstić information content (AvgIpc) is 2.86. The predicted octanol–water partition coefficient (Wildman–Crippen LogP) is 1.21. The maximum atomic E-state index is 11.9. The van der Waals surface area contributed by atoms with Gasteiger partial charge in [0, 0.05) is 6.04 Å². The molecule has 104 valence electrons. The van der Waals surface area contributed by atoms with Crippen LogP contribution >= 0.6 is 0 Å². The van der Waals surface area contributed by atoms with Crippen molar-refractivity contribution in [2.24, 2.45) is 17.8 Å². The van der Waals surface area contributed by atoms with Crippen LogP contribution in [0, 0.1) is 17.8 Å². The van der Waals surface area contributed by atoms with E-state index in [1.54, 1.807) is 0 Å². The fourth-order valence-electron chi connectivity index (χ4n) is 3.42. The van der Waals surface area contributed by atoms with Crippen LogP contribution < -0.4 is 4.72 Å². The highest BCUT2D eigenvalue weighted by Crippen LogP contribution is 2.48. The van der Waals surface area contributed by atoms with Crippen LogP contribution in [0.25, 0.3) is 0 Å². The number of rotatable bonds is 6. The zero-order chi connectivity index (χ0) is 13.3. The van der Waals surface area contributed by atoms with E-state index in [0.717, 1.165) is 25.7 Å². The Hall–Kier alpha value is -0.620. The quantitative estimate of drug-likeness (QED) is 0.763. The van der Waals surface area contributed by atoms with Gasteiger partial charge in [-0.25, -0.2) is 13.1 Å². The molecule has 0 amide bonds. The van der Waals surface area contributed by atoms with Crippen LogP contribution in [-0.2, 0) is 14.8 Å². The number of sulfonamides is 1. The van der Waals surface area contributed by atoms with Gasteiger partial charge in [0.2, 0.25) is 10.0 Å². The summed E-state index contributed by atoms with van der Waals surface area (Å²) in [4.78, 5) is 11.3. The van der Waals surface area contributed by atoms with E-state index in [0.29, 0.717) is 6.42 Å². The molecule has 0 heterocycles. The standard InChI is InChI=1S/C12H21NO4S/c1-2-3-6-18(16,17)13-11-9-5-4-8(7-9)10(11)12(14)15/h8-11,13H,2-7H2,1H3,(H,14,15). The number of carbonyl (C=O) groups is 1. The number of carboxylic acids is 1. The number of hydrogen-bond donors (Lipinski definition) is 2. The van der Waals surface area contributed by atoms with E-state index in [4.69, 9.17) is 0 Å². The molecule has 0 aromatic heterocycles. The highest BCUT2D eigenvalue weighted by molar-refractivity contribution is 7.89. The van der Waals surface area contributed by atoms with E-state index < -0.39 is 21.9 Å². The first-order valence-corrected chi connectivity index (χ1v) is 8.32. The summed E-state index contributed by atoms with van der Waals surface area (Å²) < 4.78 is 26.4. The van der Waals surface area contributed by atoms with Crippen LogP contribution in [0.4, 0.5) is 0 Å². The summed E-state index contributed by atoms with van der Waals surface area (Å²) in [6, 6.07) is -0.386. The molecule has 6 heteroatoms. The average molecular weight is 275 g/mol. The SMILES string of the molecule is CCCCS(=O)(=O)NC1C2CCC(C2)C1C(=O)O. The highest BCUT2D eigenvalue weighted by Gasteiger charge is 2.52. The molecule has 0 aliphatic heterocycles. The number of unbranched alkanes of at least 4 members (excludes halogenated alkanes) is 1. The van der Waals surface area contributed by atoms with E-state index in [9.17, 15) is 18.3 Å². The van der Waals surface area contributed by atoms with Crippen LogP contribution in [0.3, 0.4) is 0 Å². The summed E-state index contributed by atoms with van der Waals surface area (Å²) in [5.41, 5.74) is 0. The van der Waals surface area contributed by atoms with E-state index >= 15 is 0 Å². The fourth-order valence-corrected chi connectivity index (χ4v) is 4.96. The fraction of sp³-hybridized carbons (Fsp3) is 0.917. The lowest BCUT2D eigenvalue weighted by atomic mass is 9.85. The first kappa shape index (κ1) is 13.8. The lowest BCUT2D eigenvalue weighted by Crippen LogP contribution is -2.47. The summed E-state index contributed by atoms with van der Waals surface area (Å²) in [6.07, 6.45) is 4.18. The summed E-state index contributed by atoms with van der Waals surface area (Å²) >= 11 is 0. The Balaban J connectivity index is 2.06. The topological polar surface area (TPSA) is 83.5 Å². The van der Waals surface area contributed by atoms with Crippen molar-refractivity contribution in [3.8, 4) is 0 Å². The van der Waals surface area contributed by atoms with Crippen molar-refractivity contribution in [3.05, 3.63) is 0 Å². The number of fused-ring (bicyclic) bond motifs is 2. The zero-order valence-electron chi connectivity index (χ0n) is 10.6. The Morgan fingerprint density at radius 3 is 2.61 bits per heavy atom. The van der Waals surface area contributed by atoms with Crippen molar-refractivity contribution in [3.63, 3.8) is 0 Å². The van der Waals surface area contributed by atoms with Crippen LogP contribution in [0.5, 0.6) is 0 Å². The van der Waals surface area contributed by atoms with Crippen molar-refractivity contribution in [1.29, 1.82) is 0 Å². The van der Waals surface area contributed by atoms with Gasteiger partial charge in [-0.1, -0.05) is 13.3 Å². The molecule has 0 radical (unpaired) electrons. The maximum Gasteiger partial charge on any atom is 0.308 e. The van der Waals surface area contributed by atoms with Gasteiger partial charge in [-0.05, 0) is 37.5 Å². The molecule has 2 bridgehead atoms. The van der Waals surface area contributed by atoms with Gasteiger partial charge in [0.05, 0.1) is 11.7 Å². The molecule has 2 aliphatic rings. The van der Waals surface area contributed by atoms with Crippen LogP contribution in [0.1, 0.15) is 39.0 Å². The van der Waals surface area contributed by atoms with Gasteiger partial charge in [0.25, 0.3) is 0 Å². The first-order chi connectivity index (χ1) is 8.44. The van der Waals surface area contributed by atoms with Crippen molar-refractivity contribution in [2.75, 3.05) is 5.75 Å². The van der Waals surface area contributed by atoms with Crippen LogP contribution in [0.2, 0.25) is 0 Å². The third-order valence-electron chi connectivity index (χ3n) is 4.28. The molecule has 4 atom stereocenters. The second-order valence-electron chi connectivity index (χ2n) is 5.51. The summed E-state index contributed by atoms with van der Waals surface area (Å²) in [5, 5.41) is 9.24. The van der Waals surface area contributed by atoms with E-state index in [1.807, 2.05) is 6.92 Å². The lowest BCUT2D eigenvalue weighted by Gasteiger charge is -2.28. The van der Waals surface area contributed by atoms with Gasteiger partial charge >= 0.3 is 5.97 Å². The molecule has 2 aliphatic carbocycles. The van der Waals surface area contributed by atoms with Crippen molar-refractivity contribution >= 4 is 16.0 Å². The van der Waals surface area contributed by atoms with Crippen LogP contribution in [0.15, 0.2) is 0 Å². The Morgan fingerprint density at radius 2 is 2.00 bits per heavy atom. The second kappa shape index (κ2) is 5.17. The predicted molar refractivity (Wildman–Crippen MR) is 67.6 cm³/mol. The van der Waals surface area contributed by atoms with E-state index in [-0.39, 0.29) is 23.6 Å². The van der Waals surface area contributed by atoms with Gasteiger partial charge < -0.3 is 5.11 Å². The highest BCUT2D eigenvalue weighted by atomic mass is 32.2. The zero-order valence-corrected chi connectivity index (χ0v) is 11.4. The Morgan fingerprint density at radius 1 is 1.33 bits per heavy atom. The first-order valence-electron chi connectivity index (χ1n) is 6.67. The summed E-state index contributed by atoms with van der Waals surface area (Å²) in [5.74, 6) is -0.909. The van der Waals surface area contributed by atoms with E-state index in [1.165, 1.54) is 0 Å². The molecule has 2 rings (SSSR count). The van der Waals surface area contributed by atoms with Gasteiger partial charge in [-0.3, -0.25) is 4.79 Å². The lowest BCUT2D eigenvalue weighted by molar-refractivity contribution is -0.144. The third kappa shape index (κ3) is 2.69. The molecule has 0 saturated heterocycles. The van der Waals surface area contributed by atoms with E-state index in [2.05, 4.69) is 4.72 Å². The Kier molecular flexibility index (Phi) is 3.96. The molecule has 0 aromatic rings. The van der Waals surface area contributed by atoms with Crippen molar-refractivity contribution in [1.82, 2.24) is 4.72 Å². The molecular formula is C12H21NO4S. The molecule has 18 heavy (non-hydrogen) atoms. The van der Waals surface area contributed by atoms with Gasteiger partial charge in [0.15, 0.2) is 0 Å². The molecule has 0 aromatic carbocycles. The minimum Gasteiger partial charge on any atom is -0.481 e. The minimum atomic E-state index is -3.33. The van der Waals surface area contributed by atoms with Crippen LogP contribution in [-0.4, -0.2) is 31.3 Å². The molecule has 2 saturated carbocycles. The summed E-state index contributed by atoms with van der Waals surface area (Å²) in [6.45, 7) is 1.94.